The average molecular weight is 276 g/mol. The number of unbranched alkanes of at least 4 members (excludes halogenated alkanes) is 4. The van der Waals surface area contributed by atoms with Crippen molar-refractivity contribution in [2.24, 2.45) is 5.73 Å². The molecule has 19 heavy (non-hydrogen) atoms. The number of carboxylic acids is 1. The first-order chi connectivity index (χ1) is 9.18. The maximum atomic E-state index is 9.96. The molecule has 0 aromatic carbocycles. The summed E-state index contributed by atoms with van der Waals surface area (Å²) in [6.45, 7) is 5.12. The predicted octanol–water partition coefficient (Wildman–Crippen LogP) is 1.74. The van der Waals surface area contributed by atoms with Crippen LogP contribution in [0.25, 0.3) is 0 Å². The monoisotopic (exact) mass is 276 g/mol. The number of aliphatic carboxylic acids is 1. The summed E-state index contributed by atoms with van der Waals surface area (Å²) in [5.74, 6) is -0.675. The Morgan fingerprint density at radius 1 is 1.05 bits per heavy atom. The third kappa shape index (κ3) is 26.8. The standard InChI is InChI=1S/C7H18N2O.C7H14O2/c8-4-1-2-5-9-6-3-7-10;1-2-3-4-5-6-7(8)9/h9-10H,1-8H2;2-6H2,1H3,(H,8,9). The molecule has 116 valence electrons. The molecule has 0 radical (unpaired) electrons. The summed E-state index contributed by atoms with van der Waals surface area (Å²) in [4.78, 5) is 9.96. The molecule has 0 aliphatic rings. The summed E-state index contributed by atoms with van der Waals surface area (Å²) in [6, 6.07) is 0. The number of nitrogens with one attached hydrogen (secondary N) is 1. The highest BCUT2D eigenvalue weighted by Gasteiger charge is 1.94. The molecule has 5 N–H and O–H groups in total. The third-order valence-electron chi connectivity index (χ3n) is 2.56. The summed E-state index contributed by atoms with van der Waals surface area (Å²) in [5, 5.41) is 19.8. The van der Waals surface area contributed by atoms with Crippen LogP contribution < -0.4 is 11.1 Å². The quantitative estimate of drug-likeness (QED) is 0.407. The predicted molar refractivity (Wildman–Crippen MR) is 79.3 cm³/mol. The summed E-state index contributed by atoms with van der Waals surface area (Å²) in [6.07, 6.45) is 7.63. The Kier molecular flexibility index (Phi) is 21.4. The number of carboxylic acid groups (broad SMARTS) is 1. The van der Waals surface area contributed by atoms with Gasteiger partial charge in [0.15, 0.2) is 0 Å². The van der Waals surface area contributed by atoms with E-state index in [0.717, 1.165) is 58.2 Å². The van der Waals surface area contributed by atoms with E-state index in [2.05, 4.69) is 12.2 Å². The van der Waals surface area contributed by atoms with Crippen molar-refractivity contribution in [1.29, 1.82) is 0 Å². The fourth-order valence-electron chi connectivity index (χ4n) is 1.43. The largest absolute Gasteiger partial charge is 0.481 e. The smallest absolute Gasteiger partial charge is 0.303 e. The van der Waals surface area contributed by atoms with Crippen molar-refractivity contribution in [2.75, 3.05) is 26.2 Å². The van der Waals surface area contributed by atoms with Crippen LogP contribution in [0.1, 0.15) is 58.3 Å². The lowest BCUT2D eigenvalue weighted by Crippen LogP contribution is -2.18. The normalized spacial score (nSPS) is 9.84. The molecule has 0 aromatic heterocycles. The topological polar surface area (TPSA) is 95.6 Å². The first kappa shape index (κ1) is 20.7. The molecule has 0 spiro atoms. The van der Waals surface area contributed by atoms with E-state index in [1.807, 2.05) is 0 Å². The van der Waals surface area contributed by atoms with Crippen LogP contribution in [0.5, 0.6) is 0 Å². The Hall–Kier alpha value is -0.650. The van der Waals surface area contributed by atoms with Crippen LogP contribution in [0, 0.1) is 0 Å². The first-order valence-corrected chi connectivity index (χ1v) is 7.42. The molecule has 0 aromatic rings. The van der Waals surface area contributed by atoms with Gasteiger partial charge in [0.25, 0.3) is 0 Å². The Bertz CT molecular complexity index is 170. The molecular formula is C14H32N2O3. The molecule has 0 atom stereocenters. The van der Waals surface area contributed by atoms with Gasteiger partial charge >= 0.3 is 5.97 Å². The summed E-state index contributed by atoms with van der Waals surface area (Å²) < 4.78 is 0. The van der Waals surface area contributed by atoms with E-state index in [1.165, 1.54) is 6.42 Å². The van der Waals surface area contributed by atoms with Gasteiger partial charge in [-0.05, 0) is 45.3 Å². The minimum absolute atomic E-state index is 0.282. The minimum Gasteiger partial charge on any atom is -0.481 e. The van der Waals surface area contributed by atoms with E-state index in [-0.39, 0.29) is 6.61 Å². The second-order valence-corrected chi connectivity index (χ2v) is 4.53. The van der Waals surface area contributed by atoms with Gasteiger partial charge in [-0.25, -0.2) is 0 Å². The van der Waals surface area contributed by atoms with E-state index < -0.39 is 5.97 Å². The van der Waals surface area contributed by atoms with Crippen molar-refractivity contribution in [3.05, 3.63) is 0 Å². The zero-order valence-corrected chi connectivity index (χ0v) is 12.4. The van der Waals surface area contributed by atoms with Crippen molar-refractivity contribution in [3.8, 4) is 0 Å². The molecule has 0 unspecified atom stereocenters. The molecule has 0 saturated carbocycles. The van der Waals surface area contributed by atoms with Gasteiger partial charge < -0.3 is 21.3 Å². The number of nitrogens with two attached hydrogens (primary N) is 1. The lowest BCUT2D eigenvalue weighted by atomic mass is 10.2. The van der Waals surface area contributed by atoms with Crippen molar-refractivity contribution < 1.29 is 15.0 Å². The molecule has 0 amide bonds. The van der Waals surface area contributed by atoms with Crippen molar-refractivity contribution in [3.63, 3.8) is 0 Å². The highest BCUT2D eigenvalue weighted by atomic mass is 16.4. The molecule has 0 saturated heterocycles. The van der Waals surface area contributed by atoms with Crippen LogP contribution in [-0.2, 0) is 4.79 Å². The van der Waals surface area contributed by atoms with E-state index in [9.17, 15) is 4.79 Å². The maximum Gasteiger partial charge on any atom is 0.303 e. The van der Waals surface area contributed by atoms with Crippen LogP contribution in [0.4, 0.5) is 0 Å². The van der Waals surface area contributed by atoms with Gasteiger partial charge in [0.05, 0.1) is 0 Å². The number of carbonyl (C=O) groups is 1. The molecular weight excluding hydrogens is 244 g/mol. The van der Waals surface area contributed by atoms with E-state index >= 15 is 0 Å². The van der Waals surface area contributed by atoms with Crippen LogP contribution in [-0.4, -0.2) is 42.4 Å². The molecule has 0 rings (SSSR count). The molecule has 0 fully saturated rings. The number of hydrogen-bond acceptors (Lipinski definition) is 4. The SMILES string of the molecule is CCCCCCC(=O)O.NCCCCNCCCO. The van der Waals surface area contributed by atoms with E-state index in [4.69, 9.17) is 15.9 Å². The fourth-order valence-corrected chi connectivity index (χ4v) is 1.43. The molecule has 0 aliphatic heterocycles. The maximum absolute atomic E-state index is 9.96. The van der Waals surface area contributed by atoms with E-state index in [0.29, 0.717) is 6.42 Å². The first-order valence-electron chi connectivity index (χ1n) is 7.42. The van der Waals surface area contributed by atoms with Crippen LogP contribution >= 0.6 is 0 Å². The van der Waals surface area contributed by atoms with Crippen LogP contribution in [0.2, 0.25) is 0 Å². The summed E-state index contributed by atoms with van der Waals surface area (Å²) >= 11 is 0. The molecule has 0 aliphatic carbocycles. The van der Waals surface area contributed by atoms with E-state index in [1.54, 1.807) is 0 Å². The van der Waals surface area contributed by atoms with Crippen LogP contribution in [0.15, 0.2) is 0 Å². The molecule has 0 heterocycles. The summed E-state index contributed by atoms with van der Waals surface area (Å²) in [7, 11) is 0. The number of hydrogen-bond donors (Lipinski definition) is 4. The second-order valence-electron chi connectivity index (χ2n) is 4.53. The van der Waals surface area contributed by atoms with Gasteiger partial charge in [-0.3, -0.25) is 4.79 Å². The van der Waals surface area contributed by atoms with Crippen molar-refractivity contribution in [2.45, 2.75) is 58.3 Å². The van der Waals surface area contributed by atoms with Gasteiger partial charge in [0.2, 0.25) is 0 Å². The third-order valence-corrected chi connectivity index (χ3v) is 2.56. The fraction of sp³-hybridized carbons (Fsp3) is 0.929. The van der Waals surface area contributed by atoms with Crippen LogP contribution in [0.3, 0.4) is 0 Å². The zero-order valence-electron chi connectivity index (χ0n) is 12.4. The molecule has 5 nitrogen and oxygen atoms in total. The lowest BCUT2D eigenvalue weighted by Gasteiger charge is -2.00. The van der Waals surface area contributed by atoms with Gasteiger partial charge in [-0.15, -0.1) is 0 Å². The van der Waals surface area contributed by atoms with Gasteiger partial charge in [-0.2, -0.15) is 0 Å². The average Bonchev–Trinajstić information content (AvgIpc) is 2.39. The number of aliphatic hydroxyl groups excluding tert-OH is 1. The van der Waals surface area contributed by atoms with Gasteiger partial charge in [-0.1, -0.05) is 26.2 Å². The Morgan fingerprint density at radius 2 is 1.74 bits per heavy atom. The lowest BCUT2D eigenvalue weighted by molar-refractivity contribution is -0.137. The highest BCUT2D eigenvalue weighted by Crippen LogP contribution is 2.01. The Morgan fingerprint density at radius 3 is 2.26 bits per heavy atom. The highest BCUT2D eigenvalue weighted by molar-refractivity contribution is 5.66. The molecule has 0 bridgehead atoms. The number of rotatable bonds is 12. The van der Waals surface area contributed by atoms with Crippen molar-refractivity contribution in [1.82, 2.24) is 5.32 Å². The Balaban J connectivity index is 0. The minimum atomic E-state index is -0.675. The summed E-state index contributed by atoms with van der Waals surface area (Å²) in [5.41, 5.74) is 5.30. The van der Waals surface area contributed by atoms with Gasteiger partial charge in [0.1, 0.15) is 0 Å². The second kappa shape index (κ2) is 19.7. The van der Waals surface area contributed by atoms with Crippen molar-refractivity contribution >= 4 is 5.97 Å². The Labute approximate surface area is 117 Å². The zero-order chi connectivity index (χ0) is 14.8. The van der Waals surface area contributed by atoms with Gasteiger partial charge in [0, 0.05) is 13.0 Å². The number of aliphatic hydroxyl groups is 1. The molecule has 5 heteroatoms.